The summed E-state index contributed by atoms with van der Waals surface area (Å²) in [7, 11) is 2.82. The first kappa shape index (κ1) is 21.1. The van der Waals surface area contributed by atoms with E-state index in [1.165, 1.54) is 33.3 Å². The maximum Gasteiger partial charge on any atom is 0.387 e. The Morgan fingerprint density at radius 3 is 2.29 bits per heavy atom. The fourth-order valence-electron chi connectivity index (χ4n) is 2.59. The van der Waals surface area contributed by atoms with Crippen molar-refractivity contribution >= 4 is 11.7 Å². The lowest BCUT2D eigenvalue weighted by Gasteiger charge is -2.13. The number of rotatable bonds is 9. The molecule has 0 saturated heterocycles. The van der Waals surface area contributed by atoms with Gasteiger partial charge in [-0.25, -0.2) is 0 Å². The van der Waals surface area contributed by atoms with Crippen LogP contribution < -0.4 is 19.5 Å². The number of Topliss-reactive ketones (excluding diaryl/α,β-unsaturated/α-hetero) is 1. The average Bonchev–Trinajstić information content (AvgIpc) is 2.66. The number of ketones is 1. The van der Waals surface area contributed by atoms with Gasteiger partial charge in [0.25, 0.3) is 0 Å². The van der Waals surface area contributed by atoms with E-state index in [1.807, 2.05) is 0 Å². The minimum Gasteiger partial charge on any atom is -0.496 e. The van der Waals surface area contributed by atoms with E-state index in [0.717, 1.165) is 0 Å². The molecule has 2 aromatic carbocycles. The number of nitrogens with one attached hydrogen (secondary N) is 1. The first-order valence-electron chi connectivity index (χ1n) is 8.40. The van der Waals surface area contributed by atoms with Gasteiger partial charge in [0.05, 0.1) is 20.6 Å². The van der Waals surface area contributed by atoms with Crippen LogP contribution in [0.4, 0.5) is 8.78 Å². The summed E-state index contributed by atoms with van der Waals surface area (Å²) in [6.45, 7) is -1.35. The maximum atomic E-state index is 12.4. The van der Waals surface area contributed by atoms with Gasteiger partial charge in [-0.05, 0) is 42.8 Å². The molecule has 0 aliphatic carbocycles. The fraction of sp³-hybridized carbons (Fsp3) is 0.300. The number of carbonyl (C=O) groups excluding carboxylic acids is 2. The molecule has 1 N–H and O–H groups in total. The number of hydrogen-bond donors (Lipinski definition) is 1. The van der Waals surface area contributed by atoms with Crippen molar-refractivity contribution in [1.29, 1.82) is 0 Å². The lowest BCUT2D eigenvalue weighted by Crippen LogP contribution is -2.25. The normalized spacial score (nSPS) is 10.5. The van der Waals surface area contributed by atoms with E-state index in [2.05, 4.69) is 10.1 Å². The Bertz CT molecular complexity index is 854. The molecule has 0 saturated carbocycles. The molecule has 8 heteroatoms. The third-order valence-corrected chi connectivity index (χ3v) is 3.97. The second kappa shape index (κ2) is 9.68. The van der Waals surface area contributed by atoms with Gasteiger partial charge < -0.3 is 19.5 Å². The molecular weight excluding hydrogens is 372 g/mol. The zero-order chi connectivity index (χ0) is 20.7. The van der Waals surface area contributed by atoms with Gasteiger partial charge in [0.2, 0.25) is 5.91 Å². The number of benzene rings is 2. The number of halogens is 2. The average molecular weight is 393 g/mol. The van der Waals surface area contributed by atoms with Gasteiger partial charge in [0, 0.05) is 17.7 Å². The summed E-state index contributed by atoms with van der Waals surface area (Å²) in [6.07, 6.45) is 0.0218. The first-order chi connectivity index (χ1) is 13.3. The quantitative estimate of drug-likeness (QED) is 0.662. The van der Waals surface area contributed by atoms with Crippen molar-refractivity contribution in [3.63, 3.8) is 0 Å². The molecule has 6 nitrogen and oxygen atoms in total. The first-order valence-corrected chi connectivity index (χ1v) is 8.40. The van der Waals surface area contributed by atoms with E-state index in [0.29, 0.717) is 22.4 Å². The topological polar surface area (TPSA) is 73.9 Å². The van der Waals surface area contributed by atoms with E-state index in [9.17, 15) is 18.4 Å². The number of carbonyl (C=O) groups is 2. The highest BCUT2D eigenvalue weighted by molar-refractivity contribution is 5.94. The summed E-state index contributed by atoms with van der Waals surface area (Å²) in [5.74, 6) is 0.171. The number of ether oxygens (including phenoxy) is 3. The summed E-state index contributed by atoms with van der Waals surface area (Å²) in [6, 6.07) is 9.32. The van der Waals surface area contributed by atoms with Crippen molar-refractivity contribution < 1.29 is 32.6 Å². The molecule has 0 spiro atoms. The predicted octanol–water partition coefficient (Wildman–Crippen LogP) is 3.37. The second-order valence-corrected chi connectivity index (χ2v) is 5.90. The second-order valence-electron chi connectivity index (χ2n) is 5.90. The Morgan fingerprint density at radius 1 is 1.00 bits per heavy atom. The molecular formula is C20H21F2NO5. The Kier molecular flexibility index (Phi) is 7.31. The molecule has 0 bridgehead atoms. The van der Waals surface area contributed by atoms with Crippen LogP contribution in [0.2, 0.25) is 0 Å². The molecule has 28 heavy (non-hydrogen) atoms. The van der Waals surface area contributed by atoms with Gasteiger partial charge in [-0.15, -0.1) is 0 Å². The molecule has 0 aromatic heterocycles. The molecule has 2 aromatic rings. The van der Waals surface area contributed by atoms with Crippen LogP contribution >= 0.6 is 0 Å². The molecule has 0 unspecified atom stereocenters. The fourth-order valence-corrected chi connectivity index (χ4v) is 2.59. The minimum absolute atomic E-state index is 0.0218. The third-order valence-electron chi connectivity index (χ3n) is 3.97. The van der Waals surface area contributed by atoms with Crippen molar-refractivity contribution in [2.45, 2.75) is 26.5 Å². The Hall–Kier alpha value is -3.16. The lowest BCUT2D eigenvalue weighted by atomic mass is 10.0. The molecule has 2 rings (SSSR count). The van der Waals surface area contributed by atoms with E-state index in [-0.39, 0.29) is 36.2 Å². The largest absolute Gasteiger partial charge is 0.496 e. The molecule has 0 atom stereocenters. The van der Waals surface area contributed by atoms with Crippen LogP contribution in [0, 0.1) is 0 Å². The molecule has 0 aliphatic heterocycles. The van der Waals surface area contributed by atoms with E-state index >= 15 is 0 Å². The van der Waals surface area contributed by atoms with Gasteiger partial charge in [-0.3, -0.25) is 9.59 Å². The summed E-state index contributed by atoms with van der Waals surface area (Å²) < 4.78 is 39.4. The highest BCUT2D eigenvalue weighted by Gasteiger charge is 2.13. The van der Waals surface area contributed by atoms with Crippen LogP contribution in [-0.4, -0.2) is 32.5 Å². The van der Waals surface area contributed by atoms with Crippen LogP contribution in [0.25, 0.3) is 0 Å². The van der Waals surface area contributed by atoms with Crippen molar-refractivity contribution in [2.75, 3.05) is 14.2 Å². The molecule has 150 valence electrons. The number of amides is 1. The molecule has 1 amide bonds. The van der Waals surface area contributed by atoms with Crippen LogP contribution in [0.15, 0.2) is 36.4 Å². The third kappa shape index (κ3) is 5.67. The lowest BCUT2D eigenvalue weighted by molar-refractivity contribution is -0.120. The van der Waals surface area contributed by atoms with Crippen LogP contribution in [0.5, 0.6) is 17.2 Å². The number of methoxy groups -OCH3 is 2. The van der Waals surface area contributed by atoms with E-state index in [1.54, 1.807) is 24.3 Å². The van der Waals surface area contributed by atoms with Gasteiger partial charge >= 0.3 is 6.61 Å². The van der Waals surface area contributed by atoms with E-state index in [4.69, 9.17) is 9.47 Å². The van der Waals surface area contributed by atoms with Gasteiger partial charge in [0.1, 0.15) is 5.75 Å². The van der Waals surface area contributed by atoms with Crippen LogP contribution in [0.1, 0.15) is 28.4 Å². The number of hydrogen-bond acceptors (Lipinski definition) is 5. The Balaban J connectivity index is 2.04. The zero-order valence-corrected chi connectivity index (χ0v) is 15.8. The zero-order valence-electron chi connectivity index (χ0n) is 15.8. The van der Waals surface area contributed by atoms with Crippen molar-refractivity contribution in [3.05, 3.63) is 53.1 Å². The van der Waals surface area contributed by atoms with E-state index < -0.39 is 6.61 Å². The summed E-state index contributed by atoms with van der Waals surface area (Å²) in [4.78, 5) is 23.8. The van der Waals surface area contributed by atoms with Gasteiger partial charge in [0.15, 0.2) is 17.3 Å². The predicted molar refractivity (Wildman–Crippen MR) is 98.2 cm³/mol. The molecule has 0 radical (unpaired) electrons. The summed E-state index contributed by atoms with van der Waals surface area (Å²) in [5, 5.41) is 2.74. The smallest absolute Gasteiger partial charge is 0.387 e. The minimum atomic E-state index is -2.96. The Morgan fingerprint density at radius 2 is 1.68 bits per heavy atom. The van der Waals surface area contributed by atoms with Crippen molar-refractivity contribution in [3.8, 4) is 17.2 Å². The molecule has 0 heterocycles. The van der Waals surface area contributed by atoms with Gasteiger partial charge in [-0.2, -0.15) is 8.78 Å². The number of alkyl halides is 2. The summed E-state index contributed by atoms with van der Waals surface area (Å²) >= 11 is 0. The summed E-state index contributed by atoms with van der Waals surface area (Å²) in [5.41, 5.74) is 1.73. The van der Waals surface area contributed by atoms with Crippen molar-refractivity contribution in [2.24, 2.45) is 0 Å². The van der Waals surface area contributed by atoms with Crippen LogP contribution in [0.3, 0.4) is 0 Å². The maximum absolute atomic E-state index is 12.4. The standard InChI is InChI=1S/C20H21F2NO5/c1-12(24)14-5-7-16(26-2)15(9-14)10-19(25)23-11-13-4-6-17(28-20(21)22)18(8-13)27-3/h4-9,20H,10-11H2,1-3H3,(H,23,25). The highest BCUT2D eigenvalue weighted by atomic mass is 19.3. The molecule has 0 fully saturated rings. The SMILES string of the molecule is COc1ccc(C(C)=O)cc1CC(=O)NCc1ccc(OC(F)F)c(OC)c1. The molecule has 0 aliphatic rings. The Labute approximate surface area is 161 Å². The van der Waals surface area contributed by atoms with Crippen LogP contribution in [-0.2, 0) is 17.8 Å². The van der Waals surface area contributed by atoms with Crippen molar-refractivity contribution in [1.82, 2.24) is 5.32 Å². The monoisotopic (exact) mass is 393 g/mol. The van der Waals surface area contributed by atoms with Gasteiger partial charge in [-0.1, -0.05) is 6.07 Å². The highest BCUT2D eigenvalue weighted by Crippen LogP contribution is 2.29.